The quantitative estimate of drug-likeness (QED) is 0.529. The van der Waals surface area contributed by atoms with Crippen molar-refractivity contribution >= 4 is 0 Å². The summed E-state index contributed by atoms with van der Waals surface area (Å²) in [5.74, 6) is 0.978. The molecular weight excluding hydrogens is 348 g/mol. The molecule has 0 saturated heterocycles. The van der Waals surface area contributed by atoms with Crippen molar-refractivity contribution in [1.82, 2.24) is 19.5 Å². The van der Waals surface area contributed by atoms with Crippen molar-refractivity contribution in [2.24, 2.45) is 0 Å². The van der Waals surface area contributed by atoms with E-state index in [4.69, 9.17) is 9.97 Å². The van der Waals surface area contributed by atoms with Gasteiger partial charge in [0.15, 0.2) is 0 Å². The van der Waals surface area contributed by atoms with E-state index < -0.39 is 0 Å². The Morgan fingerprint density at radius 1 is 0.964 bits per heavy atom. The maximum absolute atomic E-state index is 9.27. The molecule has 142 valence electrons. The standard InChI is InChI=1S/C23H24N4O/c1-3-20-25-16(2)21(26-20)23-22(19-7-5-4-6-8-19)24-15-27(23)13-17-9-11-18(14-28)12-10-17/h4-12,15,28H,3,13-14H2,1-2H3,(H,25,26). The second-order valence-electron chi connectivity index (χ2n) is 6.92. The predicted molar refractivity (Wildman–Crippen MR) is 111 cm³/mol. The highest BCUT2D eigenvalue weighted by Gasteiger charge is 2.20. The zero-order valence-electron chi connectivity index (χ0n) is 16.2. The Morgan fingerprint density at radius 2 is 1.68 bits per heavy atom. The molecular formula is C23H24N4O. The maximum atomic E-state index is 9.27. The summed E-state index contributed by atoms with van der Waals surface area (Å²) in [6, 6.07) is 18.2. The number of aliphatic hydroxyl groups excluding tert-OH is 1. The predicted octanol–water partition coefficient (Wildman–Crippen LogP) is 4.35. The SMILES string of the molecule is CCc1nc(-c2c(-c3ccccc3)ncn2Cc2ccc(CO)cc2)c(C)[nH]1. The first-order chi connectivity index (χ1) is 13.7. The molecule has 28 heavy (non-hydrogen) atoms. The molecule has 0 aliphatic rings. The summed E-state index contributed by atoms with van der Waals surface area (Å²) < 4.78 is 2.15. The maximum Gasteiger partial charge on any atom is 0.110 e. The Balaban J connectivity index is 1.81. The van der Waals surface area contributed by atoms with Gasteiger partial charge in [-0.2, -0.15) is 0 Å². The van der Waals surface area contributed by atoms with E-state index in [1.807, 2.05) is 48.8 Å². The minimum absolute atomic E-state index is 0.0566. The van der Waals surface area contributed by atoms with E-state index in [0.717, 1.165) is 51.7 Å². The molecule has 0 unspecified atom stereocenters. The molecule has 0 fully saturated rings. The zero-order chi connectivity index (χ0) is 19.5. The third kappa shape index (κ3) is 3.49. The van der Waals surface area contributed by atoms with Gasteiger partial charge in [0, 0.05) is 24.2 Å². The molecule has 5 nitrogen and oxygen atoms in total. The topological polar surface area (TPSA) is 66.7 Å². The number of aliphatic hydroxyl groups is 1. The van der Waals surface area contributed by atoms with Crippen LogP contribution in [0, 0.1) is 6.92 Å². The largest absolute Gasteiger partial charge is 0.392 e. The van der Waals surface area contributed by atoms with E-state index in [-0.39, 0.29) is 6.61 Å². The number of aromatic nitrogens is 4. The fourth-order valence-corrected chi connectivity index (χ4v) is 3.42. The molecule has 2 aromatic carbocycles. The highest BCUT2D eigenvalue weighted by molar-refractivity contribution is 5.78. The van der Waals surface area contributed by atoms with Crippen LogP contribution in [0.25, 0.3) is 22.6 Å². The lowest BCUT2D eigenvalue weighted by atomic mass is 10.1. The molecule has 2 N–H and O–H groups in total. The van der Waals surface area contributed by atoms with Gasteiger partial charge in [0.2, 0.25) is 0 Å². The summed E-state index contributed by atoms with van der Waals surface area (Å²) in [6.45, 7) is 4.90. The molecule has 2 heterocycles. The fraction of sp³-hybridized carbons (Fsp3) is 0.217. The van der Waals surface area contributed by atoms with Crippen LogP contribution in [0.3, 0.4) is 0 Å². The van der Waals surface area contributed by atoms with Gasteiger partial charge in [-0.25, -0.2) is 9.97 Å². The summed E-state index contributed by atoms with van der Waals surface area (Å²) in [5.41, 5.74) is 7.09. The van der Waals surface area contributed by atoms with Crippen molar-refractivity contribution in [1.29, 1.82) is 0 Å². The van der Waals surface area contributed by atoms with E-state index in [1.165, 1.54) is 0 Å². The molecule has 0 aliphatic carbocycles. The van der Waals surface area contributed by atoms with Gasteiger partial charge >= 0.3 is 0 Å². The zero-order valence-corrected chi connectivity index (χ0v) is 16.2. The van der Waals surface area contributed by atoms with Crippen molar-refractivity contribution in [2.75, 3.05) is 0 Å². The van der Waals surface area contributed by atoms with Gasteiger partial charge < -0.3 is 14.7 Å². The van der Waals surface area contributed by atoms with Crippen molar-refractivity contribution in [3.8, 4) is 22.6 Å². The molecule has 4 rings (SSSR count). The summed E-state index contributed by atoms with van der Waals surface area (Å²) in [5, 5.41) is 9.27. The number of rotatable bonds is 6. The number of H-pyrrole nitrogens is 1. The molecule has 0 aliphatic heterocycles. The van der Waals surface area contributed by atoms with Crippen LogP contribution < -0.4 is 0 Å². The number of imidazole rings is 2. The first-order valence-electron chi connectivity index (χ1n) is 9.54. The Morgan fingerprint density at radius 3 is 2.32 bits per heavy atom. The Bertz CT molecular complexity index is 1060. The summed E-state index contributed by atoms with van der Waals surface area (Å²) in [4.78, 5) is 13.0. The smallest absolute Gasteiger partial charge is 0.110 e. The molecule has 0 spiro atoms. The van der Waals surface area contributed by atoms with Gasteiger partial charge in [0.25, 0.3) is 0 Å². The average molecular weight is 372 g/mol. The van der Waals surface area contributed by atoms with Gasteiger partial charge in [-0.1, -0.05) is 61.5 Å². The number of aromatic amines is 1. The van der Waals surface area contributed by atoms with Crippen molar-refractivity contribution in [2.45, 2.75) is 33.4 Å². The molecule has 4 aromatic rings. The molecule has 2 aromatic heterocycles. The van der Waals surface area contributed by atoms with Gasteiger partial charge in [-0.15, -0.1) is 0 Å². The second kappa shape index (κ2) is 7.82. The van der Waals surface area contributed by atoms with Crippen LogP contribution in [-0.2, 0) is 19.6 Å². The molecule has 0 saturated carbocycles. The van der Waals surface area contributed by atoms with Crippen LogP contribution in [-0.4, -0.2) is 24.6 Å². The van der Waals surface area contributed by atoms with Crippen molar-refractivity contribution in [3.05, 3.63) is 83.6 Å². The monoisotopic (exact) mass is 372 g/mol. The molecule has 0 amide bonds. The number of aryl methyl sites for hydroxylation is 2. The Kier molecular flexibility index (Phi) is 5.08. The summed E-state index contributed by atoms with van der Waals surface area (Å²) >= 11 is 0. The van der Waals surface area contributed by atoms with E-state index in [2.05, 4.69) is 35.5 Å². The van der Waals surface area contributed by atoms with Crippen LogP contribution in [0.2, 0.25) is 0 Å². The Labute approximate surface area is 164 Å². The van der Waals surface area contributed by atoms with Crippen LogP contribution in [0.1, 0.15) is 29.6 Å². The first-order valence-corrected chi connectivity index (χ1v) is 9.54. The lowest BCUT2D eigenvalue weighted by molar-refractivity contribution is 0.282. The van der Waals surface area contributed by atoms with Crippen molar-refractivity contribution < 1.29 is 5.11 Å². The normalized spacial score (nSPS) is 11.1. The van der Waals surface area contributed by atoms with Crippen LogP contribution in [0.4, 0.5) is 0 Å². The van der Waals surface area contributed by atoms with Gasteiger partial charge in [0.05, 0.1) is 24.3 Å². The van der Waals surface area contributed by atoms with Crippen LogP contribution >= 0.6 is 0 Å². The van der Waals surface area contributed by atoms with E-state index in [9.17, 15) is 5.11 Å². The lowest BCUT2D eigenvalue weighted by Gasteiger charge is -2.10. The van der Waals surface area contributed by atoms with Crippen molar-refractivity contribution in [3.63, 3.8) is 0 Å². The summed E-state index contributed by atoms with van der Waals surface area (Å²) in [6.07, 6.45) is 2.75. The number of nitrogens with one attached hydrogen (secondary N) is 1. The lowest BCUT2D eigenvalue weighted by Crippen LogP contribution is -2.02. The number of hydrogen-bond acceptors (Lipinski definition) is 3. The Hall–Kier alpha value is -3.18. The van der Waals surface area contributed by atoms with E-state index in [1.54, 1.807) is 0 Å². The van der Waals surface area contributed by atoms with Crippen LogP contribution in [0.5, 0.6) is 0 Å². The van der Waals surface area contributed by atoms with E-state index in [0.29, 0.717) is 6.54 Å². The van der Waals surface area contributed by atoms with Crippen LogP contribution in [0.15, 0.2) is 60.9 Å². The van der Waals surface area contributed by atoms with Gasteiger partial charge in [-0.05, 0) is 18.1 Å². The third-order valence-corrected chi connectivity index (χ3v) is 4.94. The van der Waals surface area contributed by atoms with Gasteiger partial charge in [0.1, 0.15) is 11.5 Å². The number of nitrogens with zero attached hydrogens (tertiary/aromatic N) is 3. The highest BCUT2D eigenvalue weighted by atomic mass is 16.3. The van der Waals surface area contributed by atoms with E-state index >= 15 is 0 Å². The van der Waals surface area contributed by atoms with Gasteiger partial charge in [-0.3, -0.25) is 0 Å². The highest BCUT2D eigenvalue weighted by Crippen LogP contribution is 2.32. The third-order valence-electron chi connectivity index (χ3n) is 4.94. The molecule has 5 heteroatoms. The number of hydrogen-bond donors (Lipinski definition) is 2. The fourth-order valence-electron chi connectivity index (χ4n) is 3.42. The summed E-state index contributed by atoms with van der Waals surface area (Å²) in [7, 11) is 0. The molecule has 0 radical (unpaired) electrons. The average Bonchev–Trinajstić information content (AvgIpc) is 3.32. The first kappa shape index (κ1) is 18.2. The number of benzene rings is 2. The second-order valence-corrected chi connectivity index (χ2v) is 6.92. The molecule has 0 atom stereocenters. The molecule has 0 bridgehead atoms. The minimum atomic E-state index is 0.0566. The minimum Gasteiger partial charge on any atom is -0.392 e.